The highest BCUT2D eigenvalue weighted by molar-refractivity contribution is 5.99. The molecule has 3 N–H and O–H groups in total. The lowest BCUT2D eigenvalue weighted by Crippen LogP contribution is -2.35. The summed E-state index contributed by atoms with van der Waals surface area (Å²) in [5.74, 6) is 1.68. The number of aryl methyl sites for hydroxylation is 2. The van der Waals surface area contributed by atoms with Gasteiger partial charge in [-0.2, -0.15) is 0 Å². The fraction of sp³-hybridized carbons (Fsp3) is 0.600. The third-order valence-corrected chi connectivity index (χ3v) is 4.78. The van der Waals surface area contributed by atoms with Crippen molar-refractivity contribution in [2.45, 2.75) is 26.8 Å². The first-order valence-corrected chi connectivity index (χ1v) is 7.24. The molecule has 5 heteroatoms. The minimum atomic E-state index is -0.382. The molecule has 2 saturated heterocycles. The second kappa shape index (κ2) is 4.74. The van der Waals surface area contributed by atoms with Crippen molar-refractivity contribution in [2.75, 3.05) is 24.5 Å². The number of hydrogen-bond donors (Lipinski definition) is 2. The fourth-order valence-electron chi connectivity index (χ4n) is 3.78. The maximum atomic E-state index is 11.8. The molecule has 0 saturated carbocycles. The highest BCUT2D eigenvalue weighted by atomic mass is 16.1. The molecule has 1 aromatic rings. The van der Waals surface area contributed by atoms with E-state index in [1.807, 2.05) is 19.9 Å². The molecule has 1 aromatic heterocycles. The molecule has 3 unspecified atom stereocenters. The molecule has 0 spiro atoms. The van der Waals surface area contributed by atoms with Gasteiger partial charge >= 0.3 is 0 Å². The Morgan fingerprint density at radius 1 is 1.45 bits per heavy atom. The SMILES string of the molecule is Cc1cc(C)c(C(N)=O)c(N2CC3CNCC3C2C)n1. The predicted octanol–water partition coefficient (Wildman–Crippen LogP) is 0.841. The van der Waals surface area contributed by atoms with Crippen LogP contribution in [0.5, 0.6) is 0 Å². The quantitative estimate of drug-likeness (QED) is 0.838. The third kappa shape index (κ3) is 1.97. The van der Waals surface area contributed by atoms with Crippen LogP contribution in [0.1, 0.15) is 28.5 Å². The van der Waals surface area contributed by atoms with Gasteiger partial charge in [0.25, 0.3) is 5.91 Å². The van der Waals surface area contributed by atoms with E-state index in [-0.39, 0.29) is 5.91 Å². The number of carbonyl (C=O) groups excluding carboxylic acids is 1. The first-order chi connectivity index (χ1) is 9.49. The van der Waals surface area contributed by atoms with Crippen LogP contribution in [0.25, 0.3) is 0 Å². The predicted molar refractivity (Wildman–Crippen MR) is 78.9 cm³/mol. The summed E-state index contributed by atoms with van der Waals surface area (Å²) in [6, 6.07) is 2.31. The van der Waals surface area contributed by atoms with Gasteiger partial charge in [0.05, 0.1) is 5.56 Å². The topological polar surface area (TPSA) is 71.2 Å². The number of carbonyl (C=O) groups is 1. The summed E-state index contributed by atoms with van der Waals surface area (Å²) in [7, 11) is 0. The minimum absolute atomic E-state index is 0.382. The molecule has 0 radical (unpaired) electrons. The Balaban J connectivity index is 2.04. The van der Waals surface area contributed by atoms with Crippen molar-refractivity contribution in [3.63, 3.8) is 0 Å². The van der Waals surface area contributed by atoms with Crippen LogP contribution in [0, 0.1) is 25.7 Å². The maximum absolute atomic E-state index is 11.8. The summed E-state index contributed by atoms with van der Waals surface area (Å²) in [5.41, 5.74) is 8.01. The van der Waals surface area contributed by atoms with Gasteiger partial charge in [-0.05, 0) is 44.2 Å². The zero-order valence-electron chi connectivity index (χ0n) is 12.3. The Morgan fingerprint density at radius 3 is 2.85 bits per heavy atom. The van der Waals surface area contributed by atoms with Crippen molar-refractivity contribution in [3.05, 3.63) is 22.9 Å². The van der Waals surface area contributed by atoms with Gasteiger partial charge in [0.15, 0.2) is 0 Å². The molecule has 2 fully saturated rings. The first-order valence-electron chi connectivity index (χ1n) is 7.24. The molecular weight excluding hydrogens is 252 g/mol. The van der Waals surface area contributed by atoms with Crippen LogP contribution in [-0.2, 0) is 0 Å². The Labute approximate surface area is 119 Å². The second-order valence-electron chi connectivity index (χ2n) is 6.12. The third-order valence-electron chi connectivity index (χ3n) is 4.78. The van der Waals surface area contributed by atoms with E-state index < -0.39 is 0 Å². The molecule has 5 nitrogen and oxygen atoms in total. The van der Waals surface area contributed by atoms with Gasteiger partial charge < -0.3 is 16.0 Å². The molecule has 3 heterocycles. The van der Waals surface area contributed by atoms with Crippen LogP contribution in [0.15, 0.2) is 6.07 Å². The van der Waals surface area contributed by atoms with E-state index >= 15 is 0 Å². The molecule has 1 amide bonds. The Bertz CT molecular complexity index is 557. The van der Waals surface area contributed by atoms with E-state index in [9.17, 15) is 4.79 Å². The average Bonchev–Trinajstić information content (AvgIpc) is 2.91. The normalized spacial score (nSPS) is 28.8. The van der Waals surface area contributed by atoms with Crippen molar-refractivity contribution in [3.8, 4) is 0 Å². The number of amides is 1. The van der Waals surface area contributed by atoms with Gasteiger partial charge in [0.1, 0.15) is 5.82 Å². The number of hydrogen-bond acceptors (Lipinski definition) is 4. The van der Waals surface area contributed by atoms with E-state index in [2.05, 4.69) is 22.1 Å². The molecular formula is C15H22N4O. The van der Waals surface area contributed by atoms with Gasteiger partial charge in [0.2, 0.25) is 0 Å². The lowest BCUT2D eigenvalue weighted by Gasteiger charge is -2.28. The number of fused-ring (bicyclic) bond motifs is 1. The molecule has 3 atom stereocenters. The van der Waals surface area contributed by atoms with Crippen molar-refractivity contribution in [2.24, 2.45) is 17.6 Å². The van der Waals surface area contributed by atoms with Gasteiger partial charge in [-0.1, -0.05) is 0 Å². The van der Waals surface area contributed by atoms with Gasteiger partial charge in [-0.15, -0.1) is 0 Å². The van der Waals surface area contributed by atoms with Crippen LogP contribution in [0.2, 0.25) is 0 Å². The number of aromatic nitrogens is 1. The fourth-order valence-corrected chi connectivity index (χ4v) is 3.78. The summed E-state index contributed by atoms with van der Waals surface area (Å²) in [6.07, 6.45) is 0. The summed E-state index contributed by atoms with van der Waals surface area (Å²) >= 11 is 0. The Morgan fingerprint density at radius 2 is 2.20 bits per heavy atom. The highest BCUT2D eigenvalue weighted by Gasteiger charge is 2.43. The molecule has 0 bridgehead atoms. The molecule has 2 aliphatic rings. The average molecular weight is 274 g/mol. The largest absolute Gasteiger partial charge is 0.365 e. The summed E-state index contributed by atoms with van der Waals surface area (Å²) < 4.78 is 0. The molecule has 0 aromatic carbocycles. The lowest BCUT2D eigenvalue weighted by atomic mass is 9.95. The van der Waals surface area contributed by atoms with E-state index in [1.54, 1.807) is 0 Å². The van der Waals surface area contributed by atoms with Crippen molar-refractivity contribution < 1.29 is 4.79 Å². The summed E-state index contributed by atoms with van der Waals surface area (Å²) in [5, 5.41) is 3.45. The zero-order valence-corrected chi connectivity index (χ0v) is 12.3. The van der Waals surface area contributed by atoms with Crippen molar-refractivity contribution in [1.29, 1.82) is 0 Å². The highest BCUT2D eigenvalue weighted by Crippen LogP contribution is 2.37. The van der Waals surface area contributed by atoms with Crippen LogP contribution in [-0.4, -0.2) is 36.6 Å². The molecule has 2 aliphatic heterocycles. The summed E-state index contributed by atoms with van der Waals surface area (Å²) in [4.78, 5) is 18.7. The van der Waals surface area contributed by atoms with E-state index in [0.717, 1.165) is 36.7 Å². The van der Waals surface area contributed by atoms with Crippen molar-refractivity contribution >= 4 is 11.7 Å². The maximum Gasteiger partial charge on any atom is 0.252 e. The van der Waals surface area contributed by atoms with Gasteiger partial charge in [-0.3, -0.25) is 4.79 Å². The molecule has 0 aliphatic carbocycles. The monoisotopic (exact) mass is 274 g/mol. The van der Waals surface area contributed by atoms with E-state index in [4.69, 9.17) is 5.73 Å². The molecule has 108 valence electrons. The Kier molecular flexibility index (Phi) is 3.17. The number of nitrogens with one attached hydrogen (secondary N) is 1. The number of nitrogens with two attached hydrogens (primary N) is 1. The number of anilines is 1. The number of pyridine rings is 1. The van der Waals surface area contributed by atoms with E-state index in [0.29, 0.717) is 23.4 Å². The summed E-state index contributed by atoms with van der Waals surface area (Å²) in [6.45, 7) is 9.18. The van der Waals surface area contributed by atoms with Gasteiger partial charge in [0, 0.05) is 31.4 Å². The van der Waals surface area contributed by atoms with Crippen LogP contribution >= 0.6 is 0 Å². The number of primary amides is 1. The zero-order chi connectivity index (χ0) is 14.4. The molecule has 20 heavy (non-hydrogen) atoms. The number of nitrogens with zero attached hydrogens (tertiary/aromatic N) is 2. The van der Waals surface area contributed by atoms with Crippen LogP contribution in [0.3, 0.4) is 0 Å². The van der Waals surface area contributed by atoms with Crippen molar-refractivity contribution in [1.82, 2.24) is 10.3 Å². The van der Waals surface area contributed by atoms with Crippen LogP contribution in [0.4, 0.5) is 5.82 Å². The standard InChI is InChI=1S/C15H22N4O/c1-8-4-9(2)18-15(13(8)14(16)20)19-7-11-5-17-6-12(11)10(19)3/h4,10-12,17H,5-7H2,1-3H3,(H2,16,20). The van der Waals surface area contributed by atoms with E-state index in [1.165, 1.54) is 0 Å². The second-order valence-corrected chi connectivity index (χ2v) is 6.12. The molecule has 3 rings (SSSR count). The minimum Gasteiger partial charge on any atom is -0.365 e. The van der Waals surface area contributed by atoms with Gasteiger partial charge in [-0.25, -0.2) is 4.98 Å². The van der Waals surface area contributed by atoms with Crippen LogP contribution < -0.4 is 16.0 Å². The number of rotatable bonds is 2. The first kappa shape index (κ1) is 13.4. The lowest BCUT2D eigenvalue weighted by molar-refractivity contribution is 0.1000. The Hall–Kier alpha value is -1.62. The smallest absolute Gasteiger partial charge is 0.252 e.